The molecule has 0 aliphatic heterocycles. The number of carboxylic acids is 1. The van der Waals surface area contributed by atoms with Crippen molar-refractivity contribution in [3.05, 3.63) is 35.7 Å². The van der Waals surface area contributed by atoms with E-state index in [2.05, 4.69) is 4.98 Å². The molecule has 1 rings (SSSR count). The number of pyridine rings is 1. The number of rotatable bonds is 4. The van der Waals surface area contributed by atoms with Gasteiger partial charge in [0.1, 0.15) is 5.69 Å². The maximum atomic E-state index is 10.6. The van der Waals surface area contributed by atoms with Crippen LogP contribution in [0.15, 0.2) is 24.4 Å². The Bertz CT molecular complexity index is 412. The number of nitrogens with zero attached hydrogens (tertiary/aromatic N) is 1. The number of hydrogen-bond donors (Lipinski definition) is 1. The molecule has 0 aliphatic rings. The fourth-order valence-corrected chi connectivity index (χ4v) is 1.41. The molecule has 16 heavy (non-hydrogen) atoms. The van der Waals surface area contributed by atoms with Crippen molar-refractivity contribution < 1.29 is 14.7 Å². The van der Waals surface area contributed by atoms with Gasteiger partial charge in [0, 0.05) is 18.9 Å². The summed E-state index contributed by atoms with van der Waals surface area (Å²) in [7, 11) is 0. The standard InChI is InChI=1S/C11H11NO3S/c1-8(13)16-6-2-3-9-4-5-10(11(14)15)12-7-9/h2-5,7H,6H2,1H3,(H,14,15). The van der Waals surface area contributed by atoms with Crippen LogP contribution in [-0.4, -0.2) is 26.9 Å². The molecule has 0 fully saturated rings. The maximum absolute atomic E-state index is 10.6. The molecule has 0 saturated carbocycles. The molecule has 84 valence electrons. The first-order valence-corrected chi connectivity index (χ1v) is 5.57. The monoisotopic (exact) mass is 237 g/mol. The molecule has 0 aliphatic carbocycles. The molecule has 0 spiro atoms. The topological polar surface area (TPSA) is 67.3 Å². The van der Waals surface area contributed by atoms with Gasteiger partial charge in [-0.25, -0.2) is 9.78 Å². The second-order valence-electron chi connectivity index (χ2n) is 2.99. The molecule has 1 heterocycles. The highest BCUT2D eigenvalue weighted by Gasteiger charge is 2.01. The van der Waals surface area contributed by atoms with Crippen LogP contribution in [0, 0.1) is 0 Å². The summed E-state index contributed by atoms with van der Waals surface area (Å²) < 4.78 is 0. The Morgan fingerprint density at radius 3 is 2.75 bits per heavy atom. The Morgan fingerprint density at radius 1 is 1.50 bits per heavy atom. The first kappa shape index (κ1) is 12.4. The van der Waals surface area contributed by atoms with Crippen molar-refractivity contribution in [2.45, 2.75) is 6.92 Å². The molecule has 1 aromatic heterocycles. The number of thioether (sulfide) groups is 1. The number of carbonyl (C=O) groups excluding carboxylic acids is 1. The van der Waals surface area contributed by atoms with Crippen molar-refractivity contribution >= 4 is 28.9 Å². The summed E-state index contributed by atoms with van der Waals surface area (Å²) in [6.45, 7) is 1.52. The van der Waals surface area contributed by atoms with E-state index < -0.39 is 5.97 Å². The first-order chi connectivity index (χ1) is 7.59. The lowest BCUT2D eigenvalue weighted by Crippen LogP contribution is -1.98. The van der Waals surface area contributed by atoms with Gasteiger partial charge in [0.15, 0.2) is 5.12 Å². The maximum Gasteiger partial charge on any atom is 0.354 e. The smallest absolute Gasteiger partial charge is 0.354 e. The van der Waals surface area contributed by atoms with Crippen LogP contribution in [0.4, 0.5) is 0 Å². The predicted molar refractivity (Wildman–Crippen MR) is 63.4 cm³/mol. The minimum atomic E-state index is -1.04. The van der Waals surface area contributed by atoms with Crippen molar-refractivity contribution in [2.24, 2.45) is 0 Å². The molecule has 1 aromatic rings. The normalized spacial score (nSPS) is 10.6. The molecule has 0 atom stereocenters. The van der Waals surface area contributed by atoms with E-state index in [1.807, 2.05) is 6.08 Å². The Kier molecular flexibility index (Phi) is 4.72. The van der Waals surface area contributed by atoms with Crippen LogP contribution >= 0.6 is 11.8 Å². The van der Waals surface area contributed by atoms with E-state index in [1.54, 1.807) is 12.1 Å². The third-order valence-corrected chi connectivity index (χ3v) is 2.46. The van der Waals surface area contributed by atoms with Crippen LogP contribution in [0.3, 0.4) is 0 Å². The summed E-state index contributed by atoms with van der Waals surface area (Å²) in [6.07, 6.45) is 5.12. The van der Waals surface area contributed by atoms with Gasteiger partial charge in [-0.1, -0.05) is 30.0 Å². The highest BCUT2D eigenvalue weighted by atomic mass is 32.2. The lowest BCUT2D eigenvalue weighted by atomic mass is 10.2. The van der Waals surface area contributed by atoms with Gasteiger partial charge < -0.3 is 5.11 Å². The molecule has 1 N–H and O–H groups in total. The van der Waals surface area contributed by atoms with Gasteiger partial charge in [-0.15, -0.1) is 0 Å². The molecule has 0 radical (unpaired) electrons. The van der Waals surface area contributed by atoms with Gasteiger partial charge >= 0.3 is 5.97 Å². The van der Waals surface area contributed by atoms with Gasteiger partial charge in [0.2, 0.25) is 0 Å². The van der Waals surface area contributed by atoms with E-state index in [0.717, 1.165) is 5.56 Å². The van der Waals surface area contributed by atoms with Crippen LogP contribution < -0.4 is 0 Å². The quantitative estimate of drug-likeness (QED) is 0.868. The number of carboxylic acid groups (broad SMARTS) is 1. The first-order valence-electron chi connectivity index (χ1n) is 4.59. The largest absolute Gasteiger partial charge is 0.477 e. The summed E-state index contributed by atoms with van der Waals surface area (Å²) in [5.74, 6) is -0.432. The zero-order valence-electron chi connectivity index (χ0n) is 8.71. The van der Waals surface area contributed by atoms with Gasteiger partial charge in [0.25, 0.3) is 0 Å². The van der Waals surface area contributed by atoms with Crippen LogP contribution in [-0.2, 0) is 4.79 Å². The van der Waals surface area contributed by atoms with Gasteiger partial charge in [-0.2, -0.15) is 0 Å². The zero-order chi connectivity index (χ0) is 12.0. The second kappa shape index (κ2) is 6.07. The Morgan fingerprint density at radius 2 is 2.25 bits per heavy atom. The Balaban J connectivity index is 2.55. The molecular formula is C11H11NO3S. The van der Waals surface area contributed by atoms with Crippen LogP contribution in [0.2, 0.25) is 0 Å². The molecule has 0 aromatic carbocycles. The minimum Gasteiger partial charge on any atom is -0.477 e. The zero-order valence-corrected chi connectivity index (χ0v) is 9.53. The molecule has 0 saturated heterocycles. The second-order valence-corrected chi connectivity index (χ2v) is 4.18. The Hall–Kier alpha value is -1.62. The van der Waals surface area contributed by atoms with Crippen molar-refractivity contribution in [1.82, 2.24) is 4.98 Å². The molecule has 0 unspecified atom stereocenters. The van der Waals surface area contributed by atoms with E-state index in [0.29, 0.717) is 5.75 Å². The van der Waals surface area contributed by atoms with Crippen molar-refractivity contribution in [2.75, 3.05) is 5.75 Å². The highest BCUT2D eigenvalue weighted by molar-refractivity contribution is 8.13. The SMILES string of the molecule is CC(=O)SCC=Cc1ccc(C(=O)O)nc1. The third kappa shape index (κ3) is 4.27. The molecule has 4 nitrogen and oxygen atoms in total. The van der Waals surface area contributed by atoms with E-state index >= 15 is 0 Å². The van der Waals surface area contributed by atoms with Gasteiger partial charge in [-0.05, 0) is 11.6 Å². The molecule has 0 amide bonds. The van der Waals surface area contributed by atoms with E-state index in [1.165, 1.54) is 30.9 Å². The van der Waals surface area contributed by atoms with Gasteiger partial charge in [0.05, 0.1) is 0 Å². The summed E-state index contributed by atoms with van der Waals surface area (Å²) in [5.41, 5.74) is 0.837. The summed E-state index contributed by atoms with van der Waals surface area (Å²) in [4.78, 5) is 24.9. The third-order valence-electron chi connectivity index (χ3n) is 1.70. The number of hydrogen-bond acceptors (Lipinski definition) is 4. The molecule has 5 heteroatoms. The average molecular weight is 237 g/mol. The van der Waals surface area contributed by atoms with Crippen molar-refractivity contribution in [3.63, 3.8) is 0 Å². The summed E-state index contributed by atoms with van der Waals surface area (Å²) in [6, 6.07) is 3.12. The van der Waals surface area contributed by atoms with E-state index in [-0.39, 0.29) is 10.8 Å². The molecule has 0 bridgehead atoms. The number of carbonyl (C=O) groups is 2. The van der Waals surface area contributed by atoms with Crippen LogP contribution in [0.1, 0.15) is 23.0 Å². The van der Waals surface area contributed by atoms with Crippen molar-refractivity contribution in [3.8, 4) is 0 Å². The number of aromatic carboxylic acids is 1. The fraction of sp³-hybridized carbons (Fsp3) is 0.182. The predicted octanol–water partition coefficient (Wildman–Crippen LogP) is 2.07. The van der Waals surface area contributed by atoms with Crippen LogP contribution in [0.25, 0.3) is 6.08 Å². The van der Waals surface area contributed by atoms with Crippen LogP contribution in [0.5, 0.6) is 0 Å². The van der Waals surface area contributed by atoms with Crippen molar-refractivity contribution in [1.29, 1.82) is 0 Å². The summed E-state index contributed by atoms with van der Waals surface area (Å²) in [5, 5.41) is 8.70. The summed E-state index contributed by atoms with van der Waals surface area (Å²) >= 11 is 1.22. The molecular weight excluding hydrogens is 226 g/mol. The van der Waals surface area contributed by atoms with Gasteiger partial charge in [-0.3, -0.25) is 4.79 Å². The Labute approximate surface area is 97.4 Å². The van der Waals surface area contributed by atoms with E-state index in [9.17, 15) is 9.59 Å². The minimum absolute atomic E-state index is 0.0234. The highest BCUT2D eigenvalue weighted by Crippen LogP contribution is 2.06. The number of aromatic nitrogens is 1. The lowest BCUT2D eigenvalue weighted by Gasteiger charge is -1.95. The average Bonchev–Trinajstić information content (AvgIpc) is 2.25. The lowest BCUT2D eigenvalue weighted by molar-refractivity contribution is -0.109. The fourth-order valence-electron chi connectivity index (χ4n) is 0.980. The van der Waals surface area contributed by atoms with E-state index in [4.69, 9.17) is 5.11 Å².